The molecule has 0 N–H and O–H groups in total. The van der Waals surface area contributed by atoms with E-state index < -0.39 is 11.9 Å². The van der Waals surface area contributed by atoms with Crippen LogP contribution in [-0.2, 0) is 14.2 Å². The number of benzene rings is 1. The maximum absolute atomic E-state index is 12.2. The van der Waals surface area contributed by atoms with Gasteiger partial charge in [0.2, 0.25) is 0 Å². The minimum atomic E-state index is -0.496. The fraction of sp³-hybridized carbons (Fsp3) is 0.579. The highest BCUT2D eigenvalue weighted by Crippen LogP contribution is 2.14. The summed E-state index contributed by atoms with van der Waals surface area (Å²) in [5.74, 6) is -0.346. The Bertz CT molecular complexity index is 524. The van der Waals surface area contributed by atoms with Crippen molar-refractivity contribution in [2.24, 2.45) is 11.8 Å². The number of ether oxygens (including phenoxy) is 3. The number of methoxy groups -OCH3 is 1. The summed E-state index contributed by atoms with van der Waals surface area (Å²) in [6.45, 7) is 7.33. The molecule has 0 aliphatic heterocycles. The molecule has 0 amide bonds. The molecule has 0 spiro atoms. The Kier molecular flexibility index (Phi) is 9.08. The van der Waals surface area contributed by atoms with Crippen molar-refractivity contribution in [2.75, 3.05) is 26.9 Å². The van der Waals surface area contributed by atoms with Crippen molar-refractivity contribution >= 4 is 11.9 Å². The molecule has 1 unspecified atom stereocenters. The lowest BCUT2D eigenvalue weighted by atomic mass is 10.1. The van der Waals surface area contributed by atoms with Gasteiger partial charge in [0.05, 0.1) is 24.3 Å². The Morgan fingerprint density at radius 1 is 0.917 bits per heavy atom. The van der Waals surface area contributed by atoms with Crippen molar-refractivity contribution in [2.45, 2.75) is 33.6 Å². The van der Waals surface area contributed by atoms with Gasteiger partial charge < -0.3 is 14.2 Å². The maximum atomic E-state index is 12.2. The summed E-state index contributed by atoms with van der Waals surface area (Å²) in [7, 11) is 1.67. The van der Waals surface area contributed by atoms with Crippen LogP contribution < -0.4 is 0 Å². The van der Waals surface area contributed by atoms with Gasteiger partial charge in [0.25, 0.3) is 0 Å². The van der Waals surface area contributed by atoms with Gasteiger partial charge in [-0.25, -0.2) is 9.59 Å². The van der Waals surface area contributed by atoms with Crippen LogP contribution in [0.3, 0.4) is 0 Å². The quantitative estimate of drug-likeness (QED) is 0.609. The van der Waals surface area contributed by atoms with Crippen LogP contribution in [0.25, 0.3) is 0 Å². The second kappa shape index (κ2) is 10.8. The summed E-state index contributed by atoms with van der Waals surface area (Å²) < 4.78 is 15.5. The first-order valence-corrected chi connectivity index (χ1v) is 8.37. The van der Waals surface area contributed by atoms with Crippen LogP contribution in [0, 0.1) is 11.8 Å². The van der Waals surface area contributed by atoms with E-state index in [0.717, 1.165) is 12.8 Å². The SMILES string of the molecule is COCCC(C)CCOC(=O)c1ccccc1C(=O)OCC(C)C. The topological polar surface area (TPSA) is 61.8 Å². The fourth-order valence-corrected chi connectivity index (χ4v) is 2.05. The zero-order valence-corrected chi connectivity index (χ0v) is 15.0. The van der Waals surface area contributed by atoms with E-state index in [4.69, 9.17) is 14.2 Å². The predicted molar refractivity (Wildman–Crippen MR) is 92.1 cm³/mol. The van der Waals surface area contributed by atoms with Crippen LogP contribution in [0.1, 0.15) is 54.3 Å². The van der Waals surface area contributed by atoms with E-state index in [1.165, 1.54) is 0 Å². The van der Waals surface area contributed by atoms with Crippen LogP contribution >= 0.6 is 0 Å². The van der Waals surface area contributed by atoms with Gasteiger partial charge in [-0.2, -0.15) is 0 Å². The highest BCUT2D eigenvalue weighted by atomic mass is 16.5. The Balaban J connectivity index is 2.59. The zero-order valence-electron chi connectivity index (χ0n) is 15.0. The molecular weight excluding hydrogens is 308 g/mol. The third-order valence-electron chi connectivity index (χ3n) is 3.57. The number of carbonyl (C=O) groups is 2. The predicted octanol–water partition coefficient (Wildman–Crippen LogP) is 3.72. The Morgan fingerprint density at radius 3 is 2.00 bits per heavy atom. The first-order valence-electron chi connectivity index (χ1n) is 8.37. The second-order valence-corrected chi connectivity index (χ2v) is 6.35. The van der Waals surface area contributed by atoms with Gasteiger partial charge in [-0.05, 0) is 36.8 Å². The highest BCUT2D eigenvalue weighted by molar-refractivity contribution is 6.03. The lowest BCUT2D eigenvalue weighted by Gasteiger charge is -2.13. The molecular formula is C19H28O5. The van der Waals surface area contributed by atoms with Crippen molar-refractivity contribution in [3.05, 3.63) is 35.4 Å². The first-order chi connectivity index (χ1) is 11.5. The van der Waals surface area contributed by atoms with Crippen LogP contribution in [0.15, 0.2) is 24.3 Å². The number of hydrogen-bond acceptors (Lipinski definition) is 5. The van der Waals surface area contributed by atoms with Crippen LogP contribution in [0.2, 0.25) is 0 Å². The summed E-state index contributed by atoms with van der Waals surface area (Å²) in [5.41, 5.74) is 0.492. The van der Waals surface area contributed by atoms with Crippen LogP contribution in [0.5, 0.6) is 0 Å². The van der Waals surface area contributed by atoms with E-state index >= 15 is 0 Å². The first kappa shape index (κ1) is 20.2. The molecule has 1 rings (SSSR count). The number of hydrogen-bond donors (Lipinski definition) is 0. The van der Waals surface area contributed by atoms with E-state index in [1.54, 1.807) is 31.4 Å². The summed E-state index contributed by atoms with van der Waals surface area (Å²) in [4.78, 5) is 24.4. The van der Waals surface area contributed by atoms with Crippen molar-refractivity contribution in [1.82, 2.24) is 0 Å². The molecule has 0 heterocycles. The normalized spacial score (nSPS) is 12.0. The minimum Gasteiger partial charge on any atom is -0.462 e. The lowest BCUT2D eigenvalue weighted by Crippen LogP contribution is -2.16. The van der Waals surface area contributed by atoms with E-state index in [0.29, 0.717) is 25.7 Å². The lowest BCUT2D eigenvalue weighted by molar-refractivity contribution is 0.0421. The molecule has 5 nitrogen and oxygen atoms in total. The van der Waals surface area contributed by atoms with E-state index in [2.05, 4.69) is 6.92 Å². The molecule has 0 aromatic heterocycles. The number of esters is 2. The molecule has 1 aromatic rings. The third kappa shape index (κ3) is 7.13. The Hall–Kier alpha value is -1.88. The number of carbonyl (C=O) groups excluding carboxylic acids is 2. The molecule has 0 bridgehead atoms. The van der Waals surface area contributed by atoms with Crippen molar-refractivity contribution in [3.8, 4) is 0 Å². The summed E-state index contributed by atoms with van der Waals surface area (Å²) in [6.07, 6.45) is 1.68. The summed E-state index contributed by atoms with van der Waals surface area (Å²) in [5, 5.41) is 0. The van der Waals surface area contributed by atoms with Gasteiger partial charge in [0.1, 0.15) is 0 Å². The van der Waals surface area contributed by atoms with Crippen LogP contribution in [0.4, 0.5) is 0 Å². The molecule has 5 heteroatoms. The van der Waals surface area contributed by atoms with Gasteiger partial charge in [0, 0.05) is 13.7 Å². The van der Waals surface area contributed by atoms with E-state index in [1.807, 2.05) is 13.8 Å². The van der Waals surface area contributed by atoms with Crippen LogP contribution in [-0.4, -0.2) is 38.9 Å². The fourth-order valence-electron chi connectivity index (χ4n) is 2.05. The highest BCUT2D eigenvalue weighted by Gasteiger charge is 2.19. The average Bonchev–Trinajstić information content (AvgIpc) is 2.57. The van der Waals surface area contributed by atoms with Crippen molar-refractivity contribution in [3.63, 3.8) is 0 Å². The number of rotatable bonds is 10. The van der Waals surface area contributed by atoms with Gasteiger partial charge >= 0.3 is 11.9 Å². The molecule has 1 aromatic carbocycles. The van der Waals surface area contributed by atoms with Gasteiger partial charge in [0.15, 0.2) is 0 Å². The monoisotopic (exact) mass is 336 g/mol. The average molecular weight is 336 g/mol. The molecule has 1 atom stereocenters. The second-order valence-electron chi connectivity index (χ2n) is 6.35. The van der Waals surface area contributed by atoms with E-state index in [-0.39, 0.29) is 17.0 Å². The molecule has 0 radical (unpaired) electrons. The molecule has 0 aliphatic carbocycles. The van der Waals surface area contributed by atoms with Gasteiger partial charge in [-0.1, -0.05) is 32.9 Å². The maximum Gasteiger partial charge on any atom is 0.339 e. The molecule has 0 saturated carbocycles. The Morgan fingerprint density at radius 2 is 1.46 bits per heavy atom. The molecule has 24 heavy (non-hydrogen) atoms. The minimum absolute atomic E-state index is 0.238. The third-order valence-corrected chi connectivity index (χ3v) is 3.57. The Labute approximate surface area is 144 Å². The largest absolute Gasteiger partial charge is 0.462 e. The van der Waals surface area contributed by atoms with Crippen molar-refractivity contribution in [1.29, 1.82) is 0 Å². The van der Waals surface area contributed by atoms with Gasteiger partial charge in [-0.15, -0.1) is 0 Å². The smallest absolute Gasteiger partial charge is 0.339 e. The molecule has 0 fully saturated rings. The zero-order chi connectivity index (χ0) is 17.9. The molecule has 134 valence electrons. The van der Waals surface area contributed by atoms with Crippen molar-refractivity contribution < 1.29 is 23.8 Å². The summed E-state index contributed by atoms with van der Waals surface area (Å²) >= 11 is 0. The molecule has 0 aliphatic rings. The van der Waals surface area contributed by atoms with E-state index in [9.17, 15) is 9.59 Å². The summed E-state index contributed by atoms with van der Waals surface area (Å²) in [6, 6.07) is 6.58. The van der Waals surface area contributed by atoms with Gasteiger partial charge in [-0.3, -0.25) is 0 Å². The standard InChI is InChI=1S/C19H28O5/c1-14(2)13-24-19(21)17-8-6-5-7-16(17)18(20)23-12-10-15(3)9-11-22-4/h5-8,14-15H,9-13H2,1-4H3. The molecule has 0 saturated heterocycles.